The Kier molecular flexibility index (Phi) is 7.07. The standard InChI is InChI=1S/C19H34N2/c1-3-5-7-12-18(20-15-4-2)19(13-8-9-14-19)21-16-10-6-11-17-21/h1,18,20H,4-17H2,2H3. The van der Waals surface area contributed by atoms with Crippen LogP contribution in [0.4, 0.5) is 0 Å². The van der Waals surface area contributed by atoms with Crippen molar-refractivity contribution in [2.75, 3.05) is 19.6 Å². The van der Waals surface area contributed by atoms with Gasteiger partial charge in [-0.1, -0.05) is 26.2 Å². The van der Waals surface area contributed by atoms with E-state index in [-0.39, 0.29) is 0 Å². The zero-order valence-electron chi connectivity index (χ0n) is 14.0. The predicted molar refractivity (Wildman–Crippen MR) is 91.4 cm³/mol. The molecule has 2 heteroatoms. The third kappa shape index (κ3) is 4.24. The van der Waals surface area contributed by atoms with Gasteiger partial charge in [0.2, 0.25) is 0 Å². The van der Waals surface area contributed by atoms with Crippen molar-refractivity contribution in [3.63, 3.8) is 0 Å². The largest absolute Gasteiger partial charge is 0.312 e. The van der Waals surface area contributed by atoms with Gasteiger partial charge < -0.3 is 5.32 Å². The lowest BCUT2D eigenvalue weighted by molar-refractivity contribution is 0.0335. The van der Waals surface area contributed by atoms with Crippen molar-refractivity contribution < 1.29 is 0 Å². The van der Waals surface area contributed by atoms with Crippen LogP contribution in [0.5, 0.6) is 0 Å². The average molecular weight is 290 g/mol. The van der Waals surface area contributed by atoms with E-state index in [0.29, 0.717) is 11.6 Å². The van der Waals surface area contributed by atoms with E-state index in [0.717, 1.165) is 13.0 Å². The van der Waals surface area contributed by atoms with Crippen molar-refractivity contribution >= 4 is 0 Å². The molecule has 1 unspecified atom stereocenters. The first kappa shape index (κ1) is 16.8. The first-order valence-electron chi connectivity index (χ1n) is 9.25. The molecule has 1 saturated carbocycles. The molecule has 21 heavy (non-hydrogen) atoms. The van der Waals surface area contributed by atoms with Gasteiger partial charge in [-0.2, -0.15) is 0 Å². The maximum absolute atomic E-state index is 5.46. The Balaban J connectivity index is 2.07. The van der Waals surface area contributed by atoms with Crippen molar-refractivity contribution in [1.82, 2.24) is 10.2 Å². The Bertz CT molecular complexity index is 319. The summed E-state index contributed by atoms with van der Waals surface area (Å²) in [6, 6.07) is 0.645. The first-order chi connectivity index (χ1) is 10.3. The van der Waals surface area contributed by atoms with Gasteiger partial charge in [0.1, 0.15) is 0 Å². The fraction of sp³-hybridized carbons (Fsp3) is 0.895. The summed E-state index contributed by atoms with van der Waals surface area (Å²) in [6.45, 7) is 6.06. The molecule has 0 aromatic carbocycles. The minimum atomic E-state index is 0.435. The van der Waals surface area contributed by atoms with Crippen LogP contribution in [0.2, 0.25) is 0 Å². The Morgan fingerprint density at radius 1 is 1.14 bits per heavy atom. The summed E-state index contributed by atoms with van der Waals surface area (Å²) in [5, 5.41) is 3.90. The second-order valence-corrected chi connectivity index (χ2v) is 6.96. The van der Waals surface area contributed by atoms with E-state index < -0.39 is 0 Å². The minimum Gasteiger partial charge on any atom is -0.312 e. The highest BCUT2D eigenvalue weighted by Crippen LogP contribution is 2.41. The highest BCUT2D eigenvalue weighted by atomic mass is 15.2. The molecule has 0 amide bonds. The van der Waals surface area contributed by atoms with Gasteiger partial charge in [-0.05, 0) is 64.6 Å². The van der Waals surface area contributed by atoms with Crippen LogP contribution in [0.25, 0.3) is 0 Å². The van der Waals surface area contributed by atoms with Gasteiger partial charge in [-0.15, -0.1) is 12.3 Å². The van der Waals surface area contributed by atoms with Crippen molar-refractivity contribution in [3.8, 4) is 12.3 Å². The number of nitrogens with zero attached hydrogens (tertiary/aromatic N) is 1. The molecule has 1 aliphatic carbocycles. The van der Waals surface area contributed by atoms with Crippen LogP contribution in [-0.4, -0.2) is 36.1 Å². The molecule has 0 radical (unpaired) electrons. The van der Waals surface area contributed by atoms with Crippen LogP contribution < -0.4 is 5.32 Å². The summed E-state index contributed by atoms with van der Waals surface area (Å²) in [7, 11) is 0. The van der Waals surface area contributed by atoms with E-state index in [1.165, 1.54) is 77.3 Å². The van der Waals surface area contributed by atoms with Crippen molar-refractivity contribution in [1.29, 1.82) is 0 Å². The molecule has 0 bridgehead atoms. The number of piperidine rings is 1. The molecule has 0 spiro atoms. The Morgan fingerprint density at radius 2 is 1.86 bits per heavy atom. The van der Waals surface area contributed by atoms with Crippen LogP contribution in [0.3, 0.4) is 0 Å². The van der Waals surface area contributed by atoms with E-state index in [1.54, 1.807) is 0 Å². The molecule has 1 atom stereocenters. The van der Waals surface area contributed by atoms with Crippen molar-refractivity contribution in [3.05, 3.63) is 0 Å². The number of hydrogen-bond acceptors (Lipinski definition) is 2. The summed E-state index contributed by atoms with van der Waals surface area (Å²) >= 11 is 0. The first-order valence-corrected chi connectivity index (χ1v) is 9.25. The number of hydrogen-bond donors (Lipinski definition) is 1. The maximum Gasteiger partial charge on any atom is 0.0362 e. The molecular weight excluding hydrogens is 256 g/mol. The quantitative estimate of drug-likeness (QED) is 0.538. The molecule has 0 aromatic heterocycles. The van der Waals surface area contributed by atoms with E-state index in [2.05, 4.69) is 23.1 Å². The molecule has 1 saturated heterocycles. The normalized spacial score (nSPS) is 23.8. The van der Waals surface area contributed by atoms with Crippen LogP contribution >= 0.6 is 0 Å². The van der Waals surface area contributed by atoms with Gasteiger partial charge in [-0.3, -0.25) is 4.90 Å². The lowest BCUT2D eigenvalue weighted by Gasteiger charge is -2.49. The summed E-state index contributed by atoms with van der Waals surface area (Å²) in [4.78, 5) is 2.85. The Morgan fingerprint density at radius 3 is 2.48 bits per heavy atom. The summed E-state index contributed by atoms with van der Waals surface area (Å²) in [5.41, 5.74) is 0.435. The number of rotatable bonds is 8. The molecule has 2 aliphatic rings. The molecule has 0 aromatic rings. The monoisotopic (exact) mass is 290 g/mol. The second-order valence-electron chi connectivity index (χ2n) is 6.96. The number of nitrogens with one attached hydrogen (secondary N) is 1. The highest BCUT2D eigenvalue weighted by Gasteiger charge is 2.45. The lowest BCUT2D eigenvalue weighted by Crippen LogP contribution is -2.61. The Labute approximate surface area is 132 Å². The summed E-state index contributed by atoms with van der Waals surface area (Å²) in [5.74, 6) is 2.82. The van der Waals surface area contributed by atoms with Crippen LogP contribution in [-0.2, 0) is 0 Å². The topological polar surface area (TPSA) is 15.3 Å². The number of likely N-dealkylation sites (tertiary alicyclic amines) is 1. The van der Waals surface area contributed by atoms with Crippen LogP contribution in [0, 0.1) is 12.3 Å². The maximum atomic E-state index is 5.46. The molecule has 1 aliphatic heterocycles. The summed E-state index contributed by atoms with van der Waals surface area (Å²) in [6.07, 6.45) is 19.9. The zero-order valence-corrected chi connectivity index (χ0v) is 14.0. The minimum absolute atomic E-state index is 0.435. The van der Waals surface area contributed by atoms with E-state index >= 15 is 0 Å². The number of unbranched alkanes of at least 4 members (excludes halogenated alkanes) is 1. The average Bonchev–Trinajstić information content (AvgIpc) is 3.02. The zero-order chi connectivity index (χ0) is 15.0. The molecular formula is C19H34N2. The fourth-order valence-corrected chi connectivity index (χ4v) is 4.50. The van der Waals surface area contributed by atoms with Gasteiger partial charge in [-0.25, -0.2) is 0 Å². The van der Waals surface area contributed by atoms with Gasteiger partial charge >= 0.3 is 0 Å². The van der Waals surface area contributed by atoms with Gasteiger partial charge in [0.15, 0.2) is 0 Å². The smallest absolute Gasteiger partial charge is 0.0362 e. The lowest BCUT2D eigenvalue weighted by atomic mass is 9.81. The Hall–Kier alpha value is -0.520. The molecule has 120 valence electrons. The fourth-order valence-electron chi connectivity index (χ4n) is 4.50. The molecule has 1 heterocycles. The third-order valence-electron chi connectivity index (χ3n) is 5.56. The van der Waals surface area contributed by atoms with Crippen molar-refractivity contribution in [2.24, 2.45) is 0 Å². The third-order valence-corrected chi connectivity index (χ3v) is 5.56. The highest BCUT2D eigenvalue weighted by molar-refractivity contribution is 5.04. The predicted octanol–water partition coefficient (Wildman–Crippen LogP) is 3.96. The SMILES string of the molecule is C#CCCCC(NCCC)C1(N2CCCCC2)CCCC1. The van der Waals surface area contributed by atoms with Crippen LogP contribution in [0.15, 0.2) is 0 Å². The number of terminal acetylenes is 1. The molecule has 2 rings (SSSR count). The summed E-state index contributed by atoms with van der Waals surface area (Å²) < 4.78 is 0. The molecule has 1 N–H and O–H groups in total. The second kappa shape index (κ2) is 8.81. The van der Waals surface area contributed by atoms with E-state index in [1.807, 2.05) is 0 Å². The molecule has 2 fully saturated rings. The van der Waals surface area contributed by atoms with Gasteiger partial charge in [0.05, 0.1) is 0 Å². The van der Waals surface area contributed by atoms with Crippen molar-refractivity contribution in [2.45, 2.75) is 89.1 Å². The van der Waals surface area contributed by atoms with E-state index in [9.17, 15) is 0 Å². The van der Waals surface area contributed by atoms with Crippen LogP contribution in [0.1, 0.15) is 77.6 Å². The molecule has 2 nitrogen and oxygen atoms in total. The van der Waals surface area contributed by atoms with Gasteiger partial charge in [0, 0.05) is 18.0 Å². The van der Waals surface area contributed by atoms with Gasteiger partial charge in [0.25, 0.3) is 0 Å². The van der Waals surface area contributed by atoms with E-state index in [4.69, 9.17) is 6.42 Å².